The third-order valence-corrected chi connectivity index (χ3v) is 1.14. The lowest BCUT2D eigenvalue weighted by Gasteiger charge is -2.02. The van der Waals surface area contributed by atoms with Crippen molar-refractivity contribution < 1.29 is 4.39 Å². The van der Waals surface area contributed by atoms with E-state index in [1.807, 2.05) is 0 Å². The van der Waals surface area contributed by atoms with Crippen molar-refractivity contribution in [2.45, 2.75) is 5.72 Å². The monoisotopic (exact) mass is 131 g/mol. The molecule has 0 saturated carbocycles. The maximum Gasteiger partial charge on any atom is 0.212 e. The molecule has 46 valence electrons. The van der Waals surface area contributed by atoms with Crippen LogP contribution in [-0.4, -0.2) is 20.7 Å². The van der Waals surface area contributed by atoms with Crippen molar-refractivity contribution >= 4 is 15.7 Å². The van der Waals surface area contributed by atoms with E-state index < -0.39 is 11.7 Å². The number of nitrogens with zero attached hydrogens (tertiary/aromatic N) is 1. The molecule has 0 aromatic carbocycles. The highest BCUT2D eigenvalue weighted by Gasteiger charge is 1.97. The average molecular weight is 131 g/mol. The van der Waals surface area contributed by atoms with E-state index in [0.717, 1.165) is 0 Å². The Balaban J connectivity index is 2.89. The number of hydrogen-bond acceptors (Lipinski definition) is 1. The van der Waals surface area contributed by atoms with E-state index in [-0.39, 0.29) is 0 Å². The SMILES string of the molecule is [B]C([B])c1ccc(F)nc1. The van der Waals surface area contributed by atoms with Crippen molar-refractivity contribution in [1.82, 2.24) is 4.98 Å². The van der Waals surface area contributed by atoms with Crippen LogP contribution in [0.25, 0.3) is 0 Å². The molecule has 0 atom stereocenters. The van der Waals surface area contributed by atoms with Gasteiger partial charge in [-0.25, -0.2) is 4.98 Å². The summed E-state index contributed by atoms with van der Waals surface area (Å²) in [5.74, 6) is -0.524. The maximum absolute atomic E-state index is 12.2. The summed E-state index contributed by atoms with van der Waals surface area (Å²) in [5.41, 5.74) is 0.0505. The molecular formula is C6H4B2FN. The van der Waals surface area contributed by atoms with Gasteiger partial charge in [0.1, 0.15) is 0 Å². The molecule has 1 nitrogen and oxygen atoms in total. The van der Waals surface area contributed by atoms with Gasteiger partial charge < -0.3 is 0 Å². The van der Waals surface area contributed by atoms with Crippen LogP contribution in [0.2, 0.25) is 0 Å². The Labute approximate surface area is 61.5 Å². The Morgan fingerprint density at radius 1 is 1.40 bits per heavy atom. The molecule has 0 aliphatic rings. The second-order valence-electron chi connectivity index (χ2n) is 1.94. The van der Waals surface area contributed by atoms with Crippen molar-refractivity contribution in [3.05, 3.63) is 29.8 Å². The van der Waals surface area contributed by atoms with Crippen LogP contribution < -0.4 is 0 Å². The summed E-state index contributed by atoms with van der Waals surface area (Å²) < 4.78 is 12.2. The number of rotatable bonds is 1. The fraction of sp³-hybridized carbons (Fsp3) is 0.167. The molecule has 0 aliphatic heterocycles. The van der Waals surface area contributed by atoms with Gasteiger partial charge in [0, 0.05) is 6.20 Å². The van der Waals surface area contributed by atoms with Crippen molar-refractivity contribution in [3.63, 3.8) is 0 Å². The molecule has 0 aliphatic carbocycles. The first-order chi connectivity index (χ1) is 4.70. The Bertz CT molecular complexity index is 209. The van der Waals surface area contributed by atoms with E-state index in [0.29, 0.717) is 5.56 Å². The highest BCUT2D eigenvalue weighted by atomic mass is 19.1. The van der Waals surface area contributed by atoms with Gasteiger partial charge in [-0.2, -0.15) is 4.39 Å². The van der Waals surface area contributed by atoms with Crippen molar-refractivity contribution in [1.29, 1.82) is 0 Å². The van der Waals surface area contributed by atoms with Gasteiger partial charge in [-0.1, -0.05) is 11.8 Å². The summed E-state index contributed by atoms with van der Waals surface area (Å²) in [6.07, 6.45) is 1.32. The van der Waals surface area contributed by atoms with Gasteiger partial charge in [-0.15, -0.1) is 0 Å². The molecular weight excluding hydrogens is 127 g/mol. The summed E-state index contributed by atoms with van der Waals surface area (Å²) in [7, 11) is 10.6. The van der Waals surface area contributed by atoms with Crippen LogP contribution in [-0.2, 0) is 0 Å². The van der Waals surface area contributed by atoms with E-state index in [4.69, 9.17) is 15.7 Å². The Kier molecular flexibility index (Phi) is 2.10. The van der Waals surface area contributed by atoms with Crippen LogP contribution in [0.3, 0.4) is 0 Å². The van der Waals surface area contributed by atoms with Crippen molar-refractivity contribution in [2.75, 3.05) is 0 Å². The third kappa shape index (κ3) is 1.59. The van der Waals surface area contributed by atoms with E-state index in [9.17, 15) is 4.39 Å². The first kappa shape index (κ1) is 7.32. The van der Waals surface area contributed by atoms with Gasteiger partial charge in [-0.05, 0) is 11.6 Å². The van der Waals surface area contributed by atoms with Gasteiger partial charge >= 0.3 is 0 Å². The molecule has 0 unspecified atom stereocenters. The molecule has 1 rings (SSSR count). The standard InChI is InChI=1S/C6H4B2FN/c7-6(8)4-1-2-5(9)10-3-4/h1-3,6H. The topological polar surface area (TPSA) is 12.9 Å². The van der Waals surface area contributed by atoms with Gasteiger partial charge in [0.25, 0.3) is 0 Å². The zero-order chi connectivity index (χ0) is 7.56. The van der Waals surface area contributed by atoms with Gasteiger partial charge in [0.2, 0.25) is 5.95 Å². The third-order valence-electron chi connectivity index (χ3n) is 1.14. The number of halogens is 1. The van der Waals surface area contributed by atoms with Crippen LogP contribution in [0.4, 0.5) is 4.39 Å². The smallest absolute Gasteiger partial charge is 0.212 e. The molecule has 1 aromatic heterocycles. The Morgan fingerprint density at radius 2 is 2.10 bits per heavy atom. The van der Waals surface area contributed by atoms with Crippen molar-refractivity contribution in [3.8, 4) is 0 Å². The lowest BCUT2D eigenvalue weighted by Crippen LogP contribution is -1.97. The quantitative estimate of drug-likeness (QED) is 0.400. The Hall–Kier alpha value is -0.790. The van der Waals surface area contributed by atoms with E-state index in [1.165, 1.54) is 18.3 Å². The van der Waals surface area contributed by atoms with Gasteiger partial charge in [-0.3, -0.25) is 0 Å². The van der Waals surface area contributed by atoms with Gasteiger partial charge in [0.05, 0.1) is 15.7 Å². The minimum Gasteiger partial charge on any atom is -0.228 e. The highest BCUT2D eigenvalue weighted by Crippen LogP contribution is 2.05. The molecule has 1 aromatic rings. The molecule has 4 heteroatoms. The average Bonchev–Trinajstić information content (AvgIpc) is 1.88. The highest BCUT2D eigenvalue weighted by molar-refractivity contribution is 6.35. The summed E-state index contributed by atoms with van der Waals surface area (Å²) in [6, 6.07) is 2.73. The largest absolute Gasteiger partial charge is 0.228 e. The minimum absolute atomic E-state index is 0.524. The molecule has 1 heterocycles. The summed E-state index contributed by atoms with van der Waals surface area (Å²) in [4.78, 5) is 3.37. The van der Waals surface area contributed by atoms with Crippen molar-refractivity contribution in [2.24, 2.45) is 0 Å². The molecule has 0 amide bonds. The van der Waals surface area contributed by atoms with Crippen LogP contribution in [0.1, 0.15) is 11.3 Å². The van der Waals surface area contributed by atoms with E-state index in [1.54, 1.807) is 0 Å². The van der Waals surface area contributed by atoms with Crippen LogP contribution in [0.15, 0.2) is 18.3 Å². The van der Waals surface area contributed by atoms with Gasteiger partial charge in [0.15, 0.2) is 0 Å². The second kappa shape index (κ2) is 2.86. The first-order valence-corrected chi connectivity index (χ1v) is 2.83. The molecule has 0 bridgehead atoms. The predicted octanol–water partition coefficient (Wildman–Crippen LogP) is 0.556. The number of aromatic nitrogens is 1. The minimum atomic E-state index is -0.576. The van der Waals surface area contributed by atoms with E-state index in [2.05, 4.69) is 4.98 Å². The molecule has 0 N–H and O–H groups in total. The zero-order valence-corrected chi connectivity index (χ0v) is 5.29. The first-order valence-electron chi connectivity index (χ1n) is 2.83. The number of hydrogen-bond donors (Lipinski definition) is 0. The summed E-state index contributed by atoms with van der Waals surface area (Å²) >= 11 is 0. The fourth-order valence-corrected chi connectivity index (χ4v) is 0.584. The van der Waals surface area contributed by atoms with E-state index >= 15 is 0 Å². The normalized spacial score (nSPS) is 10.2. The van der Waals surface area contributed by atoms with Crippen LogP contribution in [0.5, 0.6) is 0 Å². The Morgan fingerprint density at radius 3 is 2.50 bits per heavy atom. The predicted molar refractivity (Wildman–Crippen MR) is 38.4 cm³/mol. The lowest BCUT2D eigenvalue weighted by molar-refractivity contribution is 0.582. The summed E-state index contributed by atoms with van der Waals surface area (Å²) in [6.45, 7) is 0. The molecule has 4 radical (unpaired) electrons. The van der Waals surface area contributed by atoms with Crippen LogP contribution >= 0.6 is 0 Å². The second-order valence-corrected chi connectivity index (χ2v) is 1.94. The fourth-order valence-electron chi connectivity index (χ4n) is 0.584. The maximum atomic E-state index is 12.2. The molecule has 0 saturated heterocycles. The lowest BCUT2D eigenvalue weighted by atomic mass is 9.67. The zero-order valence-electron chi connectivity index (χ0n) is 5.29. The molecule has 0 spiro atoms. The number of pyridine rings is 1. The molecule has 0 fully saturated rings. The van der Waals surface area contributed by atoms with Crippen LogP contribution in [0, 0.1) is 5.95 Å². The molecule has 10 heavy (non-hydrogen) atoms. The summed E-state index contributed by atoms with van der Waals surface area (Å²) in [5, 5.41) is 0.